The van der Waals surface area contributed by atoms with E-state index in [2.05, 4.69) is 46.8 Å². The van der Waals surface area contributed by atoms with Crippen molar-refractivity contribution in [1.29, 1.82) is 0 Å². The monoisotopic (exact) mass is 345 g/mol. The lowest BCUT2D eigenvalue weighted by atomic mass is 10.1. The van der Waals surface area contributed by atoms with Crippen LogP contribution in [0.2, 0.25) is 0 Å². The average molecular weight is 345 g/mol. The number of aliphatic imine (C=N–C) groups is 1. The normalized spacial score (nSPS) is 14.3. The van der Waals surface area contributed by atoms with Crippen LogP contribution in [0.1, 0.15) is 24.5 Å². The van der Waals surface area contributed by atoms with Gasteiger partial charge in [0, 0.05) is 19.6 Å². The molecule has 0 saturated carbocycles. The molecule has 0 saturated heterocycles. The number of benzene rings is 1. The van der Waals surface area contributed by atoms with Gasteiger partial charge in [-0.3, -0.25) is 4.99 Å². The van der Waals surface area contributed by atoms with E-state index in [4.69, 9.17) is 0 Å². The summed E-state index contributed by atoms with van der Waals surface area (Å²) in [5, 5.41) is 6.62. The molecule has 2 N–H and O–H groups in total. The van der Waals surface area contributed by atoms with E-state index >= 15 is 0 Å². The van der Waals surface area contributed by atoms with Gasteiger partial charge >= 0.3 is 0 Å². The fraction of sp³-hybridized carbons (Fsp3) is 0.462. The van der Waals surface area contributed by atoms with Crippen LogP contribution in [0.5, 0.6) is 0 Å². The molecule has 94 valence electrons. The molecular formula is C13H20IN3. The Kier molecular flexibility index (Phi) is 6.32. The van der Waals surface area contributed by atoms with Crippen LogP contribution in [0.25, 0.3) is 0 Å². The molecule has 0 radical (unpaired) electrons. The van der Waals surface area contributed by atoms with Gasteiger partial charge in [-0.25, -0.2) is 0 Å². The quantitative estimate of drug-likeness (QED) is 0.825. The van der Waals surface area contributed by atoms with Gasteiger partial charge in [-0.15, -0.1) is 24.0 Å². The minimum Gasteiger partial charge on any atom is -0.356 e. The molecule has 0 atom stereocenters. The molecule has 2 rings (SSSR count). The standard InChI is InChI=1S/C13H19N3.HI/c1-2-11-6-3-4-7-12(11)10-16-13-14-8-5-9-15-13;/h3-4,6-7H,2,5,8-10H2,1H3,(H2,14,15,16);1H. The van der Waals surface area contributed by atoms with Crippen LogP contribution in [0.15, 0.2) is 29.3 Å². The Morgan fingerprint density at radius 2 is 2.06 bits per heavy atom. The maximum Gasteiger partial charge on any atom is 0.191 e. The van der Waals surface area contributed by atoms with Crippen molar-refractivity contribution in [3.8, 4) is 0 Å². The molecule has 1 aliphatic rings. The van der Waals surface area contributed by atoms with E-state index in [-0.39, 0.29) is 24.0 Å². The molecular weight excluding hydrogens is 325 g/mol. The third-order valence-electron chi connectivity index (χ3n) is 2.84. The molecule has 0 unspecified atom stereocenters. The summed E-state index contributed by atoms with van der Waals surface area (Å²) in [5.74, 6) is 0.942. The number of hydrogen-bond acceptors (Lipinski definition) is 3. The van der Waals surface area contributed by atoms with Crippen LogP contribution in [0, 0.1) is 0 Å². The molecule has 1 aromatic rings. The molecule has 0 amide bonds. The summed E-state index contributed by atoms with van der Waals surface area (Å²) in [6.07, 6.45) is 2.22. The Morgan fingerprint density at radius 3 is 2.71 bits per heavy atom. The zero-order chi connectivity index (χ0) is 11.2. The number of aryl methyl sites for hydroxylation is 1. The van der Waals surface area contributed by atoms with E-state index in [9.17, 15) is 0 Å². The van der Waals surface area contributed by atoms with Crippen LogP contribution in [0.3, 0.4) is 0 Å². The van der Waals surface area contributed by atoms with Crippen molar-refractivity contribution in [3.63, 3.8) is 0 Å². The van der Waals surface area contributed by atoms with Crippen LogP contribution in [-0.2, 0) is 13.0 Å². The summed E-state index contributed by atoms with van der Waals surface area (Å²) >= 11 is 0. The van der Waals surface area contributed by atoms with Crippen molar-refractivity contribution in [3.05, 3.63) is 35.4 Å². The first-order valence-electron chi connectivity index (χ1n) is 5.99. The van der Waals surface area contributed by atoms with Crippen molar-refractivity contribution in [2.75, 3.05) is 13.1 Å². The summed E-state index contributed by atoms with van der Waals surface area (Å²) in [5.41, 5.74) is 2.77. The second kappa shape index (κ2) is 7.53. The topological polar surface area (TPSA) is 36.4 Å². The van der Waals surface area contributed by atoms with E-state index < -0.39 is 0 Å². The van der Waals surface area contributed by atoms with E-state index in [0.29, 0.717) is 0 Å². The van der Waals surface area contributed by atoms with Gasteiger partial charge in [-0.1, -0.05) is 31.2 Å². The second-order valence-electron chi connectivity index (χ2n) is 3.99. The van der Waals surface area contributed by atoms with Crippen LogP contribution in [0.4, 0.5) is 0 Å². The molecule has 1 heterocycles. The Bertz CT molecular complexity index is 377. The largest absolute Gasteiger partial charge is 0.356 e. The van der Waals surface area contributed by atoms with E-state index in [1.54, 1.807) is 0 Å². The summed E-state index contributed by atoms with van der Waals surface area (Å²) in [6, 6.07) is 8.55. The molecule has 0 bridgehead atoms. The van der Waals surface area contributed by atoms with Crippen molar-refractivity contribution >= 4 is 29.9 Å². The first-order valence-corrected chi connectivity index (χ1v) is 5.99. The molecule has 0 fully saturated rings. The molecule has 0 aliphatic carbocycles. The Hall–Kier alpha value is -0.780. The zero-order valence-corrected chi connectivity index (χ0v) is 12.5. The summed E-state index contributed by atoms with van der Waals surface area (Å²) in [4.78, 5) is 4.39. The maximum absolute atomic E-state index is 4.39. The summed E-state index contributed by atoms with van der Waals surface area (Å²) in [7, 11) is 0. The second-order valence-corrected chi connectivity index (χ2v) is 3.99. The Morgan fingerprint density at radius 1 is 1.29 bits per heavy atom. The molecule has 1 aromatic carbocycles. The van der Waals surface area contributed by atoms with Crippen molar-refractivity contribution in [2.24, 2.45) is 4.99 Å². The molecule has 17 heavy (non-hydrogen) atoms. The first kappa shape index (κ1) is 14.3. The lowest BCUT2D eigenvalue weighted by molar-refractivity contribution is 0.701. The number of hydrogen-bond donors (Lipinski definition) is 2. The predicted octanol–water partition coefficient (Wildman–Crippen LogP) is 2.31. The van der Waals surface area contributed by atoms with Crippen molar-refractivity contribution < 1.29 is 0 Å². The van der Waals surface area contributed by atoms with Gasteiger partial charge in [0.05, 0.1) is 0 Å². The fourth-order valence-electron chi connectivity index (χ4n) is 1.90. The number of nitrogens with one attached hydrogen (secondary N) is 2. The van der Waals surface area contributed by atoms with Gasteiger partial charge in [0.25, 0.3) is 0 Å². The number of halogens is 1. The van der Waals surface area contributed by atoms with Crippen LogP contribution >= 0.6 is 24.0 Å². The van der Waals surface area contributed by atoms with Gasteiger partial charge in [0.15, 0.2) is 5.96 Å². The van der Waals surface area contributed by atoms with Crippen LogP contribution in [-0.4, -0.2) is 19.0 Å². The average Bonchev–Trinajstić information content (AvgIpc) is 2.38. The van der Waals surface area contributed by atoms with Crippen molar-refractivity contribution in [1.82, 2.24) is 10.6 Å². The third-order valence-corrected chi connectivity index (χ3v) is 2.84. The smallest absolute Gasteiger partial charge is 0.191 e. The number of rotatable bonds is 3. The lowest BCUT2D eigenvalue weighted by Gasteiger charge is -2.17. The molecule has 3 nitrogen and oxygen atoms in total. The van der Waals surface area contributed by atoms with Gasteiger partial charge in [0.1, 0.15) is 0 Å². The Labute approximate surface area is 120 Å². The van der Waals surface area contributed by atoms with E-state index in [0.717, 1.165) is 38.4 Å². The third kappa shape index (κ3) is 4.18. The maximum atomic E-state index is 4.39. The van der Waals surface area contributed by atoms with Gasteiger partial charge in [-0.05, 0) is 24.0 Å². The molecule has 0 spiro atoms. The minimum absolute atomic E-state index is 0. The lowest BCUT2D eigenvalue weighted by Crippen LogP contribution is -2.40. The zero-order valence-electron chi connectivity index (χ0n) is 10.2. The Balaban J connectivity index is 0.00000144. The van der Waals surface area contributed by atoms with Gasteiger partial charge < -0.3 is 10.6 Å². The predicted molar refractivity (Wildman–Crippen MR) is 83.0 cm³/mol. The van der Waals surface area contributed by atoms with E-state index in [1.807, 2.05) is 0 Å². The number of nitrogens with zero attached hydrogens (tertiary/aromatic N) is 1. The molecule has 0 aromatic heterocycles. The SMILES string of the molecule is CCc1ccccc1CNC1=NCCCN1.I. The highest BCUT2D eigenvalue weighted by Gasteiger charge is 2.04. The van der Waals surface area contributed by atoms with E-state index in [1.165, 1.54) is 11.1 Å². The van der Waals surface area contributed by atoms with Crippen molar-refractivity contribution in [2.45, 2.75) is 26.3 Å². The fourth-order valence-corrected chi connectivity index (χ4v) is 1.90. The summed E-state index contributed by atoms with van der Waals surface area (Å²) in [6.45, 7) is 5.01. The summed E-state index contributed by atoms with van der Waals surface area (Å²) < 4.78 is 0. The number of guanidine groups is 1. The molecule has 4 heteroatoms. The minimum atomic E-state index is 0. The van der Waals surface area contributed by atoms with Gasteiger partial charge in [0.2, 0.25) is 0 Å². The highest BCUT2D eigenvalue weighted by Crippen LogP contribution is 2.08. The van der Waals surface area contributed by atoms with Crippen LogP contribution < -0.4 is 10.6 Å². The molecule has 1 aliphatic heterocycles. The van der Waals surface area contributed by atoms with Gasteiger partial charge in [-0.2, -0.15) is 0 Å². The highest BCUT2D eigenvalue weighted by molar-refractivity contribution is 14.0. The first-order chi connectivity index (χ1) is 7.90. The highest BCUT2D eigenvalue weighted by atomic mass is 127.